The molecule has 1 aliphatic heterocycles. The van der Waals surface area contributed by atoms with E-state index in [2.05, 4.69) is 0 Å². The standard InChI is InChI=1S/C13H18N2O3/c1-9-5-6-10-14(11(9)16)7-8-15(10)12(17)18-13(2,3)4/h5-6H,7-8H2,1-4H3. The maximum Gasteiger partial charge on any atom is 0.416 e. The molecule has 1 aromatic rings. The van der Waals surface area contributed by atoms with Crippen LogP contribution in [0.2, 0.25) is 0 Å². The molecule has 0 radical (unpaired) electrons. The van der Waals surface area contributed by atoms with Gasteiger partial charge in [-0.1, -0.05) is 6.07 Å². The average molecular weight is 250 g/mol. The third-order valence-electron chi connectivity index (χ3n) is 2.78. The van der Waals surface area contributed by atoms with Gasteiger partial charge >= 0.3 is 6.09 Å². The first-order valence-corrected chi connectivity index (χ1v) is 6.00. The van der Waals surface area contributed by atoms with Crippen LogP contribution in [-0.4, -0.2) is 22.8 Å². The van der Waals surface area contributed by atoms with Crippen molar-refractivity contribution in [3.8, 4) is 0 Å². The van der Waals surface area contributed by atoms with Crippen LogP contribution in [0.1, 0.15) is 26.3 Å². The van der Waals surface area contributed by atoms with Crippen molar-refractivity contribution in [2.75, 3.05) is 11.4 Å². The number of nitrogens with zero attached hydrogens (tertiary/aromatic N) is 2. The van der Waals surface area contributed by atoms with E-state index in [0.717, 1.165) is 0 Å². The van der Waals surface area contributed by atoms with Gasteiger partial charge in [0.15, 0.2) is 0 Å². The topological polar surface area (TPSA) is 51.5 Å². The van der Waals surface area contributed by atoms with Crippen LogP contribution in [0.15, 0.2) is 16.9 Å². The quantitative estimate of drug-likeness (QED) is 0.706. The summed E-state index contributed by atoms with van der Waals surface area (Å²) in [5, 5.41) is 0. The zero-order valence-corrected chi connectivity index (χ0v) is 11.2. The Bertz CT molecular complexity index is 540. The van der Waals surface area contributed by atoms with Crippen LogP contribution in [0.3, 0.4) is 0 Å². The Labute approximate surface area is 106 Å². The van der Waals surface area contributed by atoms with Gasteiger partial charge in [0.05, 0.1) is 0 Å². The highest BCUT2D eigenvalue weighted by atomic mass is 16.6. The molecule has 18 heavy (non-hydrogen) atoms. The molecule has 0 spiro atoms. The number of amides is 1. The number of carbonyl (C=O) groups is 1. The molecule has 0 N–H and O–H groups in total. The van der Waals surface area contributed by atoms with E-state index in [9.17, 15) is 9.59 Å². The van der Waals surface area contributed by atoms with E-state index in [1.807, 2.05) is 20.8 Å². The summed E-state index contributed by atoms with van der Waals surface area (Å²) in [6.07, 6.45) is -0.406. The summed E-state index contributed by atoms with van der Waals surface area (Å²) in [6.45, 7) is 8.24. The summed E-state index contributed by atoms with van der Waals surface area (Å²) in [7, 11) is 0. The summed E-state index contributed by atoms with van der Waals surface area (Å²) in [5.74, 6) is 0.611. The Kier molecular flexibility index (Phi) is 2.92. The smallest absolute Gasteiger partial charge is 0.416 e. The Hall–Kier alpha value is -1.78. The molecule has 0 aromatic carbocycles. The van der Waals surface area contributed by atoms with Crippen LogP contribution >= 0.6 is 0 Å². The molecule has 1 aliphatic rings. The SMILES string of the molecule is Cc1ccc2n(c1=O)CCN2C(=O)OC(C)(C)C. The van der Waals surface area contributed by atoms with Crippen molar-refractivity contribution in [2.24, 2.45) is 0 Å². The van der Waals surface area contributed by atoms with E-state index in [4.69, 9.17) is 4.74 Å². The monoisotopic (exact) mass is 250 g/mol. The number of hydrogen-bond donors (Lipinski definition) is 0. The molecule has 5 nitrogen and oxygen atoms in total. The minimum absolute atomic E-state index is 0.0430. The maximum atomic E-state index is 12.0. The number of carbonyl (C=O) groups excluding carboxylic acids is 1. The summed E-state index contributed by atoms with van der Waals surface area (Å²) in [4.78, 5) is 25.4. The fourth-order valence-electron chi connectivity index (χ4n) is 1.95. The van der Waals surface area contributed by atoms with E-state index in [0.29, 0.717) is 24.5 Å². The van der Waals surface area contributed by atoms with Crippen LogP contribution in [0.4, 0.5) is 10.6 Å². The van der Waals surface area contributed by atoms with Gasteiger partial charge in [0.25, 0.3) is 5.56 Å². The third kappa shape index (κ3) is 2.25. The van der Waals surface area contributed by atoms with Gasteiger partial charge in [0.1, 0.15) is 11.4 Å². The summed E-state index contributed by atoms with van der Waals surface area (Å²) in [6, 6.07) is 3.52. The van der Waals surface area contributed by atoms with E-state index in [1.54, 1.807) is 23.6 Å². The van der Waals surface area contributed by atoms with Gasteiger partial charge in [0, 0.05) is 18.7 Å². The molecule has 0 saturated heterocycles. The van der Waals surface area contributed by atoms with Gasteiger partial charge < -0.3 is 4.74 Å². The Balaban J connectivity index is 2.30. The highest BCUT2D eigenvalue weighted by Gasteiger charge is 2.29. The van der Waals surface area contributed by atoms with Gasteiger partial charge in [-0.2, -0.15) is 0 Å². The van der Waals surface area contributed by atoms with E-state index in [1.165, 1.54) is 4.90 Å². The molecule has 0 bridgehead atoms. The highest BCUT2D eigenvalue weighted by molar-refractivity contribution is 5.87. The number of anilines is 1. The lowest BCUT2D eigenvalue weighted by molar-refractivity contribution is 0.0584. The van der Waals surface area contributed by atoms with Gasteiger partial charge in [-0.05, 0) is 33.8 Å². The fourth-order valence-corrected chi connectivity index (χ4v) is 1.95. The number of pyridine rings is 1. The minimum Gasteiger partial charge on any atom is -0.443 e. The molecule has 0 aliphatic carbocycles. The fraction of sp³-hybridized carbons (Fsp3) is 0.538. The second kappa shape index (κ2) is 4.15. The molecule has 2 heterocycles. The zero-order valence-electron chi connectivity index (χ0n) is 11.2. The zero-order chi connectivity index (χ0) is 13.5. The predicted octanol–water partition coefficient (Wildman–Crippen LogP) is 1.91. The molecule has 5 heteroatoms. The second-order valence-corrected chi connectivity index (χ2v) is 5.46. The Morgan fingerprint density at radius 3 is 2.56 bits per heavy atom. The molecule has 1 aromatic heterocycles. The number of aryl methyl sites for hydroxylation is 1. The van der Waals surface area contributed by atoms with Gasteiger partial charge in [-0.15, -0.1) is 0 Å². The molecule has 0 unspecified atom stereocenters. The molecular formula is C13H18N2O3. The number of hydrogen-bond acceptors (Lipinski definition) is 3. The van der Waals surface area contributed by atoms with Crippen molar-refractivity contribution in [1.29, 1.82) is 0 Å². The molecule has 0 fully saturated rings. The first-order valence-electron chi connectivity index (χ1n) is 6.00. The first kappa shape index (κ1) is 12.7. The van der Waals surface area contributed by atoms with Crippen molar-refractivity contribution in [3.05, 3.63) is 28.0 Å². The number of fused-ring (bicyclic) bond motifs is 1. The van der Waals surface area contributed by atoms with E-state index < -0.39 is 11.7 Å². The lowest BCUT2D eigenvalue weighted by Crippen LogP contribution is -2.35. The number of ether oxygens (including phenoxy) is 1. The summed E-state index contributed by atoms with van der Waals surface area (Å²) < 4.78 is 6.93. The highest BCUT2D eigenvalue weighted by Crippen LogP contribution is 2.22. The van der Waals surface area contributed by atoms with E-state index >= 15 is 0 Å². The minimum atomic E-state index is -0.532. The Morgan fingerprint density at radius 2 is 1.94 bits per heavy atom. The van der Waals surface area contributed by atoms with Gasteiger partial charge in [0.2, 0.25) is 0 Å². The summed E-state index contributed by atoms with van der Waals surface area (Å²) >= 11 is 0. The van der Waals surface area contributed by atoms with E-state index in [-0.39, 0.29) is 5.56 Å². The number of aromatic nitrogens is 1. The molecular weight excluding hydrogens is 232 g/mol. The summed E-state index contributed by atoms with van der Waals surface area (Å²) in [5.41, 5.74) is 0.110. The van der Waals surface area contributed by atoms with Crippen molar-refractivity contribution in [1.82, 2.24) is 4.57 Å². The molecule has 0 saturated carbocycles. The molecule has 98 valence electrons. The van der Waals surface area contributed by atoms with Crippen LogP contribution in [0.5, 0.6) is 0 Å². The third-order valence-corrected chi connectivity index (χ3v) is 2.78. The van der Waals surface area contributed by atoms with Crippen LogP contribution in [0.25, 0.3) is 0 Å². The van der Waals surface area contributed by atoms with Gasteiger partial charge in [-0.25, -0.2) is 4.79 Å². The van der Waals surface area contributed by atoms with Crippen molar-refractivity contribution < 1.29 is 9.53 Å². The lowest BCUT2D eigenvalue weighted by atomic mass is 10.2. The first-order chi connectivity index (χ1) is 8.29. The maximum absolute atomic E-state index is 12.0. The van der Waals surface area contributed by atoms with Crippen LogP contribution in [0, 0.1) is 6.92 Å². The molecule has 1 amide bonds. The van der Waals surface area contributed by atoms with Crippen molar-refractivity contribution in [2.45, 2.75) is 39.8 Å². The molecule has 2 rings (SSSR count). The van der Waals surface area contributed by atoms with Crippen LogP contribution < -0.4 is 10.5 Å². The van der Waals surface area contributed by atoms with Gasteiger partial charge in [-0.3, -0.25) is 14.3 Å². The van der Waals surface area contributed by atoms with Crippen molar-refractivity contribution in [3.63, 3.8) is 0 Å². The average Bonchev–Trinajstić information content (AvgIpc) is 2.65. The van der Waals surface area contributed by atoms with Crippen LogP contribution in [-0.2, 0) is 11.3 Å². The molecule has 0 atom stereocenters. The lowest BCUT2D eigenvalue weighted by Gasteiger charge is -2.24. The van der Waals surface area contributed by atoms with Crippen molar-refractivity contribution >= 4 is 11.9 Å². The predicted molar refractivity (Wildman–Crippen MR) is 69.0 cm³/mol. The normalized spacial score (nSPS) is 14.6. The largest absolute Gasteiger partial charge is 0.443 e. The number of rotatable bonds is 0. The second-order valence-electron chi connectivity index (χ2n) is 5.46. The Morgan fingerprint density at radius 1 is 1.28 bits per heavy atom.